The SMILES string of the molecule is CCNC(=NCC(=O)NC(C)(C)C)NCC. The molecule has 0 aromatic rings. The standard InChI is InChI=1S/C11H24N4O/c1-6-12-10(13-7-2)14-8-9(16)15-11(3,4)5/h6-8H2,1-5H3,(H,15,16)(H2,12,13,14). The number of guanidine groups is 1. The molecular weight excluding hydrogens is 204 g/mol. The molecular formula is C11H24N4O. The molecule has 0 spiro atoms. The molecule has 0 heterocycles. The van der Waals surface area contributed by atoms with Crippen molar-refractivity contribution in [2.24, 2.45) is 4.99 Å². The fourth-order valence-corrected chi connectivity index (χ4v) is 1.12. The highest BCUT2D eigenvalue weighted by Crippen LogP contribution is 1.97. The molecule has 16 heavy (non-hydrogen) atoms. The minimum absolute atomic E-state index is 0.0687. The summed E-state index contributed by atoms with van der Waals surface area (Å²) in [7, 11) is 0. The van der Waals surface area contributed by atoms with E-state index in [-0.39, 0.29) is 18.0 Å². The summed E-state index contributed by atoms with van der Waals surface area (Å²) in [5, 5.41) is 8.98. The fourth-order valence-electron chi connectivity index (χ4n) is 1.12. The number of nitrogens with zero attached hydrogens (tertiary/aromatic N) is 1. The Balaban J connectivity index is 4.15. The lowest BCUT2D eigenvalue weighted by Crippen LogP contribution is -2.43. The second kappa shape index (κ2) is 7.09. The zero-order valence-corrected chi connectivity index (χ0v) is 11.0. The largest absolute Gasteiger partial charge is 0.357 e. The average molecular weight is 228 g/mol. The molecule has 0 rings (SSSR count). The van der Waals surface area contributed by atoms with Gasteiger partial charge in [0, 0.05) is 18.6 Å². The van der Waals surface area contributed by atoms with Gasteiger partial charge in [-0.3, -0.25) is 4.79 Å². The molecule has 0 atom stereocenters. The molecule has 3 N–H and O–H groups in total. The maximum Gasteiger partial charge on any atom is 0.242 e. The third-order valence-corrected chi connectivity index (χ3v) is 1.58. The van der Waals surface area contributed by atoms with E-state index >= 15 is 0 Å². The van der Waals surface area contributed by atoms with Crippen LogP contribution in [-0.2, 0) is 4.79 Å². The lowest BCUT2D eigenvalue weighted by atomic mass is 10.1. The number of carbonyl (C=O) groups excluding carboxylic acids is 1. The zero-order chi connectivity index (χ0) is 12.6. The number of amides is 1. The van der Waals surface area contributed by atoms with Gasteiger partial charge < -0.3 is 16.0 Å². The Morgan fingerprint density at radius 2 is 1.62 bits per heavy atom. The Bertz CT molecular complexity index is 235. The molecule has 0 radical (unpaired) electrons. The molecule has 0 bridgehead atoms. The number of rotatable bonds is 4. The Labute approximate surface area is 98.1 Å². The Kier molecular flexibility index (Phi) is 6.53. The summed E-state index contributed by atoms with van der Waals surface area (Å²) in [6.07, 6.45) is 0. The van der Waals surface area contributed by atoms with Crippen molar-refractivity contribution < 1.29 is 4.79 Å². The van der Waals surface area contributed by atoms with Crippen LogP contribution in [0.25, 0.3) is 0 Å². The van der Waals surface area contributed by atoms with Crippen LogP contribution >= 0.6 is 0 Å². The van der Waals surface area contributed by atoms with Crippen molar-refractivity contribution in [1.82, 2.24) is 16.0 Å². The van der Waals surface area contributed by atoms with Gasteiger partial charge in [0.15, 0.2) is 5.96 Å². The van der Waals surface area contributed by atoms with E-state index in [0.29, 0.717) is 5.96 Å². The van der Waals surface area contributed by atoms with E-state index in [1.165, 1.54) is 0 Å². The molecule has 94 valence electrons. The molecule has 0 saturated carbocycles. The Hall–Kier alpha value is -1.26. The molecule has 0 aromatic heterocycles. The van der Waals surface area contributed by atoms with Gasteiger partial charge in [-0.2, -0.15) is 0 Å². The van der Waals surface area contributed by atoms with Gasteiger partial charge in [0.05, 0.1) is 0 Å². The van der Waals surface area contributed by atoms with Gasteiger partial charge in [-0.1, -0.05) is 0 Å². The maximum absolute atomic E-state index is 11.5. The number of hydrogen-bond donors (Lipinski definition) is 3. The molecule has 0 aliphatic carbocycles. The van der Waals surface area contributed by atoms with E-state index in [1.807, 2.05) is 34.6 Å². The molecule has 5 nitrogen and oxygen atoms in total. The van der Waals surface area contributed by atoms with Crippen LogP contribution < -0.4 is 16.0 Å². The molecule has 0 aliphatic rings. The normalized spacial score (nSPS) is 10.6. The lowest BCUT2D eigenvalue weighted by Gasteiger charge is -2.19. The quantitative estimate of drug-likeness (QED) is 0.484. The molecule has 0 aliphatic heterocycles. The monoisotopic (exact) mass is 228 g/mol. The van der Waals surface area contributed by atoms with E-state index in [9.17, 15) is 4.79 Å². The molecule has 5 heteroatoms. The van der Waals surface area contributed by atoms with Gasteiger partial charge in [-0.15, -0.1) is 0 Å². The van der Waals surface area contributed by atoms with Crippen molar-refractivity contribution in [1.29, 1.82) is 0 Å². The zero-order valence-electron chi connectivity index (χ0n) is 11.0. The van der Waals surface area contributed by atoms with Crippen LogP contribution in [-0.4, -0.2) is 37.0 Å². The highest BCUT2D eigenvalue weighted by Gasteiger charge is 2.12. The van der Waals surface area contributed by atoms with Crippen LogP contribution in [0.4, 0.5) is 0 Å². The van der Waals surface area contributed by atoms with E-state index < -0.39 is 0 Å². The topological polar surface area (TPSA) is 65.5 Å². The summed E-state index contributed by atoms with van der Waals surface area (Å²) in [6, 6.07) is 0. The van der Waals surface area contributed by atoms with Gasteiger partial charge in [0.1, 0.15) is 6.54 Å². The number of carbonyl (C=O) groups is 1. The Morgan fingerprint density at radius 3 is 2.00 bits per heavy atom. The van der Waals surface area contributed by atoms with Gasteiger partial charge in [0.25, 0.3) is 0 Å². The van der Waals surface area contributed by atoms with Gasteiger partial charge in [-0.25, -0.2) is 4.99 Å². The van der Waals surface area contributed by atoms with Crippen molar-refractivity contribution in [2.45, 2.75) is 40.2 Å². The molecule has 0 aromatic carbocycles. The van der Waals surface area contributed by atoms with Crippen molar-refractivity contribution >= 4 is 11.9 Å². The summed E-state index contributed by atoms with van der Waals surface area (Å²) < 4.78 is 0. The second-order valence-electron chi connectivity index (χ2n) is 4.52. The highest BCUT2D eigenvalue weighted by atomic mass is 16.2. The second-order valence-corrected chi connectivity index (χ2v) is 4.52. The van der Waals surface area contributed by atoms with Crippen LogP contribution in [0.3, 0.4) is 0 Å². The van der Waals surface area contributed by atoms with Crippen LogP contribution in [0.15, 0.2) is 4.99 Å². The van der Waals surface area contributed by atoms with E-state index in [2.05, 4.69) is 20.9 Å². The summed E-state index contributed by atoms with van der Waals surface area (Å²) in [5.74, 6) is 0.606. The molecule has 0 unspecified atom stereocenters. The first-order chi connectivity index (χ1) is 7.39. The van der Waals surface area contributed by atoms with E-state index in [1.54, 1.807) is 0 Å². The van der Waals surface area contributed by atoms with Crippen LogP contribution in [0.2, 0.25) is 0 Å². The first-order valence-corrected chi connectivity index (χ1v) is 5.72. The smallest absolute Gasteiger partial charge is 0.242 e. The van der Waals surface area contributed by atoms with Crippen molar-refractivity contribution in [3.63, 3.8) is 0 Å². The first kappa shape index (κ1) is 14.7. The van der Waals surface area contributed by atoms with Crippen molar-refractivity contribution in [2.75, 3.05) is 19.6 Å². The molecule has 0 saturated heterocycles. The van der Waals surface area contributed by atoms with Gasteiger partial charge in [-0.05, 0) is 34.6 Å². The minimum Gasteiger partial charge on any atom is -0.357 e. The number of aliphatic imine (C=N–C) groups is 1. The highest BCUT2D eigenvalue weighted by molar-refractivity contribution is 5.85. The number of hydrogen-bond acceptors (Lipinski definition) is 2. The number of nitrogens with one attached hydrogen (secondary N) is 3. The molecule has 1 amide bonds. The summed E-state index contributed by atoms with van der Waals surface area (Å²) in [4.78, 5) is 15.7. The van der Waals surface area contributed by atoms with Crippen LogP contribution in [0, 0.1) is 0 Å². The third-order valence-electron chi connectivity index (χ3n) is 1.58. The van der Waals surface area contributed by atoms with E-state index in [0.717, 1.165) is 13.1 Å². The fraction of sp³-hybridized carbons (Fsp3) is 0.818. The van der Waals surface area contributed by atoms with Crippen LogP contribution in [0.5, 0.6) is 0 Å². The maximum atomic E-state index is 11.5. The van der Waals surface area contributed by atoms with Crippen molar-refractivity contribution in [3.8, 4) is 0 Å². The predicted octanol–water partition coefficient (Wildman–Crippen LogP) is 0.476. The van der Waals surface area contributed by atoms with Gasteiger partial charge >= 0.3 is 0 Å². The minimum atomic E-state index is -0.205. The summed E-state index contributed by atoms with van der Waals surface area (Å²) >= 11 is 0. The Morgan fingerprint density at radius 1 is 1.12 bits per heavy atom. The van der Waals surface area contributed by atoms with E-state index in [4.69, 9.17) is 0 Å². The van der Waals surface area contributed by atoms with Crippen LogP contribution in [0.1, 0.15) is 34.6 Å². The lowest BCUT2D eigenvalue weighted by molar-refractivity contribution is -0.121. The third kappa shape index (κ3) is 8.08. The average Bonchev–Trinajstić information content (AvgIpc) is 2.12. The molecule has 0 fully saturated rings. The predicted molar refractivity (Wildman–Crippen MR) is 67.6 cm³/mol. The van der Waals surface area contributed by atoms with Gasteiger partial charge in [0.2, 0.25) is 5.91 Å². The van der Waals surface area contributed by atoms with Crippen molar-refractivity contribution in [3.05, 3.63) is 0 Å². The summed E-state index contributed by atoms with van der Waals surface area (Å²) in [6.45, 7) is 11.5. The summed E-state index contributed by atoms with van der Waals surface area (Å²) in [5.41, 5.74) is -0.205. The first-order valence-electron chi connectivity index (χ1n) is 5.72.